The van der Waals surface area contributed by atoms with Gasteiger partial charge in [0.15, 0.2) is 11.5 Å². The van der Waals surface area contributed by atoms with Crippen molar-refractivity contribution in [3.63, 3.8) is 0 Å². The highest BCUT2D eigenvalue weighted by molar-refractivity contribution is 6.31. The fourth-order valence-electron chi connectivity index (χ4n) is 4.72. The highest BCUT2D eigenvalue weighted by atomic mass is 35.5. The molecule has 1 spiro atoms. The lowest BCUT2D eigenvalue weighted by Crippen LogP contribution is -2.64. The van der Waals surface area contributed by atoms with E-state index >= 15 is 0 Å². The zero-order chi connectivity index (χ0) is 23.3. The molecule has 0 bridgehead atoms. The molecule has 0 radical (unpaired) electrons. The smallest absolute Gasteiger partial charge is 0.422 e. The number of furan rings is 1. The zero-order valence-corrected chi connectivity index (χ0v) is 18.9. The van der Waals surface area contributed by atoms with Crippen molar-refractivity contribution in [1.29, 1.82) is 0 Å². The largest absolute Gasteiger partial charge is 0.486 e. The minimum atomic E-state index is -1.58. The quantitative estimate of drug-likeness (QED) is 0.409. The van der Waals surface area contributed by atoms with Crippen molar-refractivity contribution in [1.82, 2.24) is 4.90 Å². The molecule has 0 atom stereocenters. The van der Waals surface area contributed by atoms with Crippen molar-refractivity contribution < 1.29 is 33.0 Å². The molecule has 9 nitrogen and oxygen atoms in total. The molecule has 0 unspecified atom stereocenters. The first kappa shape index (κ1) is 21.1. The van der Waals surface area contributed by atoms with Gasteiger partial charge in [-0.2, -0.15) is 0 Å². The van der Waals surface area contributed by atoms with Crippen molar-refractivity contribution in [2.75, 3.05) is 44.3 Å². The predicted molar refractivity (Wildman–Crippen MR) is 121 cm³/mol. The van der Waals surface area contributed by atoms with Crippen molar-refractivity contribution in [3.05, 3.63) is 53.2 Å². The fourth-order valence-corrected chi connectivity index (χ4v) is 4.89. The van der Waals surface area contributed by atoms with E-state index in [-0.39, 0.29) is 6.54 Å². The van der Waals surface area contributed by atoms with Crippen molar-refractivity contribution in [2.45, 2.75) is 12.3 Å². The molecule has 2 fully saturated rings. The molecule has 0 saturated carbocycles. The van der Waals surface area contributed by atoms with Crippen LogP contribution in [0.25, 0.3) is 11.0 Å². The molecule has 176 valence electrons. The Bertz CT molecular complexity index is 1270. The van der Waals surface area contributed by atoms with Gasteiger partial charge in [0.05, 0.1) is 18.5 Å². The third kappa shape index (κ3) is 3.52. The van der Waals surface area contributed by atoms with Gasteiger partial charge in [-0.25, -0.2) is 9.59 Å². The lowest BCUT2D eigenvalue weighted by atomic mass is 10.1. The van der Waals surface area contributed by atoms with Crippen LogP contribution in [0, 0.1) is 0 Å². The van der Waals surface area contributed by atoms with Gasteiger partial charge in [-0.3, -0.25) is 9.80 Å². The number of ether oxygens (including phenoxy) is 4. The van der Waals surface area contributed by atoms with Crippen LogP contribution in [0.1, 0.15) is 5.56 Å². The van der Waals surface area contributed by atoms with E-state index in [2.05, 4.69) is 4.90 Å². The number of para-hydroxylation sites is 1. The molecule has 3 aliphatic rings. The number of esters is 2. The SMILES string of the molecule is O=C1OC2(CN(CCc3coc4ccc(Cl)cc34)CCN2c2cccc3c2OCCO3)OC1=O. The van der Waals surface area contributed by atoms with E-state index in [1.807, 2.05) is 30.3 Å². The first-order chi connectivity index (χ1) is 16.5. The van der Waals surface area contributed by atoms with Gasteiger partial charge >= 0.3 is 17.8 Å². The van der Waals surface area contributed by atoms with Crippen molar-refractivity contribution in [2.24, 2.45) is 0 Å². The highest BCUT2D eigenvalue weighted by Crippen LogP contribution is 2.44. The van der Waals surface area contributed by atoms with Crippen LogP contribution >= 0.6 is 11.6 Å². The zero-order valence-electron chi connectivity index (χ0n) is 18.1. The van der Waals surface area contributed by atoms with Crippen LogP contribution in [0.2, 0.25) is 5.02 Å². The number of carbonyl (C=O) groups is 2. The number of benzene rings is 2. The third-order valence-electron chi connectivity index (χ3n) is 6.29. The maximum atomic E-state index is 12.1. The predicted octanol–water partition coefficient (Wildman–Crippen LogP) is 2.98. The minimum Gasteiger partial charge on any atom is -0.486 e. The summed E-state index contributed by atoms with van der Waals surface area (Å²) in [4.78, 5) is 28.1. The van der Waals surface area contributed by atoms with Crippen LogP contribution in [-0.2, 0) is 25.5 Å². The van der Waals surface area contributed by atoms with Crippen molar-refractivity contribution >= 4 is 40.2 Å². The number of hydrogen-bond acceptors (Lipinski definition) is 9. The molecule has 2 saturated heterocycles. The van der Waals surface area contributed by atoms with Crippen LogP contribution in [0.4, 0.5) is 5.69 Å². The molecule has 34 heavy (non-hydrogen) atoms. The van der Waals surface area contributed by atoms with Gasteiger partial charge in [0, 0.05) is 30.0 Å². The van der Waals surface area contributed by atoms with Crippen LogP contribution < -0.4 is 14.4 Å². The molecule has 0 amide bonds. The average molecular weight is 485 g/mol. The van der Waals surface area contributed by atoms with Crippen LogP contribution in [0.15, 0.2) is 47.1 Å². The Balaban J connectivity index is 1.26. The Morgan fingerprint density at radius 1 is 1.00 bits per heavy atom. The van der Waals surface area contributed by atoms with Gasteiger partial charge < -0.3 is 23.4 Å². The number of piperazine rings is 1. The Morgan fingerprint density at radius 2 is 1.82 bits per heavy atom. The summed E-state index contributed by atoms with van der Waals surface area (Å²) in [6, 6.07) is 11.0. The van der Waals surface area contributed by atoms with Gasteiger partial charge in [-0.1, -0.05) is 17.7 Å². The minimum absolute atomic E-state index is 0.186. The van der Waals surface area contributed by atoms with Gasteiger partial charge in [-0.15, -0.1) is 0 Å². The molecular formula is C24H21ClN2O7. The van der Waals surface area contributed by atoms with Gasteiger partial charge in [0.1, 0.15) is 18.8 Å². The molecule has 0 aliphatic carbocycles. The second-order valence-corrected chi connectivity index (χ2v) is 8.81. The van der Waals surface area contributed by atoms with E-state index in [1.54, 1.807) is 17.2 Å². The second kappa shape index (κ2) is 8.11. The molecule has 4 heterocycles. The monoisotopic (exact) mass is 484 g/mol. The number of halogens is 1. The standard InChI is InChI=1S/C24H21ClN2O7/c25-16-4-5-19-17(12-16)15(13-32-19)6-7-26-8-9-27(24(14-26)33-22(28)23(29)34-24)18-2-1-3-20-21(18)31-11-10-30-20/h1-5,12-13H,6-11,14H2. The summed E-state index contributed by atoms with van der Waals surface area (Å²) < 4.78 is 28.3. The first-order valence-electron chi connectivity index (χ1n) is 11.0. The van der Waals surface area contributed by atoms with Crippen LogP contribution in [-0.4, -0.2) is 62.1 Å². The number of anilines is 1. The van der Waals surface area contributed by atoms with Gasteiger partial charge in [0.25, 0.3) is 0 Å². The number of nitrogens with zero attached hydrogens (tertiary/aromatic N) is 2. The summed E-state index contributed by atoms with van der Waals surface area (Å²) in [5.41, 5.74) is 2.45. The Labute approximate surface area is 199 Å². The third-order valence-corrected chi connectivity index (χ3v) is 6.53. The van der Waals surface area contributed by atoms with E-state index in [4.69, 9.17) is 35.0 Å². The fraction of sp³-hybridized carbons (Fsp3) is 0.333. The van der Waals surface area contributed by atoms with Gasteiger partial charge in [-0.05, 0) is 42.3 Å². The summed E-state index contributed by atoms with van der Waals surface area (Å²) in [7, 11) is 0. The maximum absolute atomic E-state index is 12.1. The number of carbonyl (C=O) groups excluding carboxylic acids is 2. The van der Waals surface area contributed by atoms with E-state index in [0.29, 0.717) is 61.5 Å². The Kier molecular flexibility index (Phi) is 5.04. The Hall–Kier alpha value is -3.43. The summed E-state index contributed by atoms with van der Waals surface area (Å²) in [6.07, 6.45) is 2.42. The lowest BCUT2D eigenvalue weighted by Gasteiger charge is -2.46. The molecule has 6 rings (SSSR count). The maximum Gasteiger partial charge on any atom is 0.422 e. The van der Waals surface area contributed by atoms with E-state index in [0.717, 1.165) is 16.5 Å². The number of hydrogen-bond donors (Lipinski definition) is 0. The second-order valence-electron chi connectivity index (χ2n) is 8.37. The molecule has 3 aliphatic heterocycles. The number of rotatable bonds is 4. The molecule has 3 aromatic rings. The van der Waals surface area contributed by atoms with Crippen molar-refractivity contribution in [3.8, 4) is 11.5 Å². The summed E-state index contributed by atoms with van der Waals surface area (Å²) in [5.74, 6) is -2.46. The number of fused-ring (bicyclic) bond motifs is 2. The molecule has 10 heteroatoms. The van der Waals surface area contributed by atoms with E-state index in [1.165, 1.54) is 0 Å². The summed E-state index contributed by atoms with van der Waals surface area (Å²) in [6.45, 7) is 2.77. The summed E-state index contributed by atoms with van der Waals surface area (Å²) in [5, 5.41) is 1.61. The molecular weight excluding hydrogens is 464 g/mol. The van der Waals surface area contributed by atoms with E-state index in [9.17, 15) is 9.59 Å². The topological polar surface area (TPSA) is 90.7 Å². The van der Waals surface area contributed by atoms with Crippen LogP contribution in [0.5, 0.6) is 11.5 Å². The first-order valence-corrected chi connectivity index (χ1v) is 11.4. The molecule has 0 N–H and O–H groups in total. The van der Waals surface area contributed by atoms with Crippen LogP contribution in [0.3, 0.4) is 0 Å². The normalized spacial score (nSPS) is 19.5. The average Bonchev–Trinajstić information content (AvgIpc) is 3.36. The Morgan fingerprint density at radius 3 is 2.68 bits per heavy atom. The molecule has 2 aromatic carbocycles. The van der Waals surface area contributed by atoms with E-state index < -0.39 is 17.8 Å². The lowest BCUT2D eigenvalue weighted by molar-refractivity contribution is -0.192. The highest BCUT2D eigenvalue weighted by Gasteiger charge is 2.56. The summed E-state index contributed by atoms with van der Waals surface area (Å²) >= 11 is 6.16. The molecule has 1 aromatic heterocycles. The van der Waals surface area contributed by atoms with Gasteiger partial charge in [0.2, 0.25) is 0 Å².